The highest BCUT2D eigenvalue weighted by molar-refractivity contribution is 6.15. The van der Waals surface area contributed by atoms with Gasteiger partial charge in [0.25, 0.3) is 0 Å². The number of rotatable bonds is 4. The molecular formula is C42H28N2. The standard InChI is InChI=1S/C42H28N2/c1-3-12-29(13-4-1)30-22-25-33(26-23-30)44-40-21-10-8-17-36(40)38-19-11-18-34(42(38)44)31-24-27-37-35-16-7-9-20-39(35)43(41(37)28-31)32-14-5-2-6-15-32/h1-28H. The summed E-state index contributed by atoms with van der Waals surface area (Å²) in [6.07, 6.45) is 0. The molecule has 9 aromatic rings. The van der Waals surface area contributed by atoms with Crippen LogP contribution in [0.5, 0.6) is 0 Å². The summed E-state index contributed by atoms with van der Waals surface area (Å²) >= 11 is 0. The predicted octanol–water partition coefficient (Wildman–Crippen LogP) is 11.2. The minimum atomic E-state index is 1.16. The van der Waals surface area contributed by atoms with Crippen LogP contribution in [0.3, 0.4) is 0 Å². The first-order valence-electron chi connectivity index (χ1n) is 15.1. The Labute approximate surface area is 255 Å². The molecule has 0 saturated carbocycles. The predicted molar refractivity (Wildman–Crippen MR) is 186 cm³/mol. The zero-order valence-electron chi connectivity index (χ0n) is 24.1. The Morgan fingerprint density at radius 1 is 0.295 bits per heavy atom. The quantitative estimate of drug-likeness (QED) is 0.203. The molecule has 0 aliphatic rings. The number of aromatic nitrogens is 2. The van der Waals surface area contributed by atoms with Gasteiger partial charge in [0, 0.05) is 38.5 Å². The van der Waals surface area contributed by atoms with Crippen molar-refractivity contribution in [3.8, 4) is 33.6 Å². The molecule has 7 aromatic carbocycles. The van der Waals surface area contributed by atoms with Gasteiger partial charge in [-0.1, -0.05) is 127 Å². The maximum atomic E-state index is 2.44. The van der Waals surface area contributed by atoms with E-state index in [0.29, 0.717) is 0 Å². The molecule has 0 aliphatic carbocycles. The molecule has 206 valence electrons. The molecule has 0 unspecified atom stereocenters. The topological polar surface area (TPSA) is 9.86 Å². The third-order valence-corrected chi connectivity index (χ3v) is 8.93. The van der Waals surface area contributed by atoms with Gasteiger partial charge in [0.05, 0.1) is 22.1 Å². The molecular weight excluding hydrogens is 532 g/mol. The maximum Gasteiger partial charge on any atom is 0.0619 e. The van der Waals surface area contributed by atoms with Crippen LogP contribution in [0.15, 0.2) is 170 Å². The fourth-order valence-corrected chi connectivity index (χ4v) is 6.95. The summed E-state index contributed by atoms with van der Waals surface area (Å²) in [6.45, 7) is 0. The van der Waals surface area contributed by atoms with E-state index in [2.05, 4.69) is 179 Å². The summed E-state index contributed by atoms with van der Waals surface area (Å²) in [6, 6.07) is 61.4. The molecule has 0 radical (unpaired) electrons. The van der Waals surface area contributed by atoms with E-state index >= 15 is 0 Å². The van der Waals surface area contributed by atoms with E-state index in [1.54, 1.807) is 0 Å². The van der Waals surface area contributed by atoms with Crippen LogP contribution in [0.25, 0.3) is 77.2 Å². The highest BCUT2D eigenvalue weighted by atomic mass is 15.0. The normalized spacial score (nSPS) is 11.6. The summed E-state index contributed by atoms with van der Waals surface area (Å²) in [5.41, 5.74) is 12.1. The monoisotopic (exact) mass is 560 g/mol. The molecule has 0 atom stereocenters. The van der Waals surface area contributed by atoms with E-state index < -0.39 is 0 Å². The number of hydrogen-bond donors (Lipinski definition) is 0. The van der Waals surface area contributed by atoms with Crippen LogP contribution in [0.4, 0.5) is 0 Å². The minimum absolute atomic E-state index is 1.16. The van der Waals surface area contributed by atoms with Crippen LogP contribution >= 0.6 is 0 Å². The summed E-state index contributed by atoms with van der Waals surface area (Å²) in [7, 11) is 0. The van der Waals surface area contributed by atoms with Crippen molar-refractivity contribution in [1.29, 1.82) is 0 Å². The van der Waals surface area contributed by atoms with E-state index in [1.807, 2.05) is 0 Å². The van der Waals surface area contributed by atoms with Gasteiger partial charge in [0.2, 0.25) is 0 Å². The highest BCUT2D eigenvalue weighted by Gasteiger charge is 2.18. The van der Waals surface area contributed by atoms with Gasteiger partial charge >= 0.3 is 0 Å². The van der Waals surface area contributed by atoms with E-state index in [4.69, 9.17) is 0 Å². The molecule has 0 bridgehead atoms. The van der Waals surface area contributed by atoms with Crippen LogP contribution in [-0.2, 0) is 0 Å². The van der Waals surface area contributed by atoms with Gasteiger partial charge in [-0.05, 0) is 59.2 Å². The van der Waals surface area contributed by atoms with Crippen LogP contribution in [0, 0.1) is 0 Å². The highest BCUT2D eigenvalue weighted by Crippen LogP contribution is 2.40. The fraction of sp³-hybridized carbons (Fsp3) is 0. The number of para-hydroxylation sites is 4. The Morgan fingerprint density at radius 3 is 1.57 bits per heavy atom. The molecule has 9 rings (SSSR count). The second kappa shape index (κ2) is 9.86. The lowest BCUT2D eigenvalue weighted by Crippen LogP contribution is -1.96. The molecule has 2 nitrogen and oxygen atoms in total. The van der Waals surface area contributed by atoms with Crippen LogP contribution in [0.2, 0.25) is 0 Å². The van der Waals surface area contributed by atoms with E-state index in [0.717, 1.165) is 5.69 Å². The van der Waals surface area contributed by atoms with Crippen LogP contribution in [-0.4, -0.2) is 9.13 Å². The lowest BCUT2D eigenvalue weighted by Gasteiger charge is -2.13. The summed E-state index contributed by atoms with van der Waals surface area (Å²) < 4.78 is 4.83. The fourth-order valence-electron chi connectivity index (χ4n) is 6.95. The SMILES string of the molecule is c1ccc(-c2ccc(-n3c4ccccc4c4cccc(-c5ccc6c7ccccc7n(-c7ccccc7)c6c5)c43)cc2)cc1. The maximum absolute atomic E-state index is 2.44. The van der Waals surface area contributed by atoms with Gasteiger partial charge in [-0.2, -0.15) is 0 Å². The number of benzene rings is 7. The van der Waals surface area contributed by atoms with Gasteiger partial charge in [-0.25, -0.2) is 0 Å². The summed E-state index contributed by atoms with van der Waals surface area (Å²) in [5, 5.41) is 5.05. The molecule has 0 aliphatic heterocycles. The Morgan fingerprint density at radius 2 is 0.818 bits per heavy atom. The van der Waals surface area contributed by atoms with Crippen molar-refractivity contribution in [2.24, 2.45) is 0 Å². The summed E-state index contributed by atoms with van der Waals surface area (Å²) in [5.74, 6) is 0. The van der Waals surface area contributed by atoms with Gasteiger partial charge in [0.15, 0.2) is 0 Å². The van der Waals surface area contributed by atoms with E-state index in [-0.39, 0.29) is 0 Å². The van der Waals surface area contributed by atoms with Crippen molar-refractivity contribution in [3.63, 3.8) is 0 Å². The Balaban J connectivity index is 1.31. The van der Waals surface area contributed by atoms with Crippen LogP contribution in [0.1, 0.15) is 0 Å². The second-order valence-corrected chi connectivity index (χ2v) is 11.4. The Bertz CT molecular complexity index is 2460. The van der Waals surface area contributed by atoms with Gasteiger partial charge in [-0.15, -0.1) is 0 Å². The lowest BCUT2D eigenvalue weighted by molar-refractivity contribution is 1.18. The molecule has 2 heterocycles. The molecule has 0 amide bonds. The Kier molecular flexibility index (Phi) is 5.54. The van der Waals surface area contributed by atoms with Crippen LogP contribution < -0.4 is 0 Å². The molecule has 2 aromatic heterocycles. The van der Waals surface area contributed by atoms with Crippen molar-refractivity contribution in [2.45, 2.75) is 0 Å². The first-order valence-corrected chi connectivity index (χ1v) is 15.1. The van der Waals surface area contributed by atoms with Crippen molar-refractivity contribution in [1.82, 2.24) is 9.13 Å². The third-order valence-electron chi connectivity index (χ3n) is 8.93. The Hall–Kier alpha value is -5.86. The number of fused-ring (bicyclic) bond motifs is 6. The zero-order valence-corrected chi connectivity index (χ0v) is 24.1. The molecule has 44 heavy (non-hydrogen) atoms. The lowest BCUT2D eigenvalue weighted by atomic mass is 10.00. The van der Waals surface area contributed by atoms with Crippen molar-refractivity contribution >= 4 is 43.6 Å². The molecule has 0 fully saturated rings. The first-order chi connectivity index (χ1) is 21.8. The van der Waals surface area contributed by atoms with Gasteiger partial charge < -0.3 is 9.13 Å². The summed E-state index contributed by atoms with van der Waals surface area (Å²) in [4.78, 5) is 0. The van der Waals surface area contributed by atoms with Crippen molar-refractivity contribution in [3.05, 3.63) is 170 Å². The smallest absolute Gasteiger partial charge is 0.0619 e. The largest absolute Gasteiger partial charge is 0.309 e. The van der Waals surface area contributed by atoms with Gasteiger partial charge in [0.1, 0.15) is 0 Å². The molecule has 0 N–H and O–H groups in total. The average Bonchev–Trinajstić information content (AvgIpc) is 3.62. The molecule has 2 heteroatoms. The minimum Gasteiger partial charge on any atom is -0.309 e. The van der Waals surface area contributed by atoms with Crippen molar-refractivity contribution < 1.29 is 0 Å². The number of hydrogen-bond acceptors (Lipinski definition) is 0. The average molecular weight is 561 g/mol. The number of nitrogens with zero attached hydrogens (tertiary/aromatic N) is 2. The first kappa shape index (κ1) is 24.7. The molecule has 0 saturated heterocycles. The van der Waals surface area contributed by atoms with Crippen molar-refractivity contribution in [2.75, 3.05) is 0 Å². The third kappa shape index (κ3) is 3.75. The zero-order chi connectivity index (χ0) is 29.0. The van der Waals surface area contributed by atoms with Gasteiger partial charge in [-0.3, -0.25) is 0 Å². The van der Waals surface area contributed by atoms with E-state index in [9.17, 15) is 0 Å². The van der Waals surface area contributed by atoms with E-state index in [1.165, 1.54) is 71.6 Å². The second-order valence-electron chi connectivity index (χ2n) is 11.4. The molecule has 0 spiro atoms.